The van der Waals surface area contributed by atoms with Gasteiger partial charge in [-0.05, 0) is 76.0 Å². The Morgan fingerprint density at radius 2 is 1.25 bits per heavy atom. The van der Waals surface area contributed by atoms with Crippen molar-refractivity contribution in [1.29, 1.82) is 0 Å². The highest BCUT2D eigenvalue weighted by molar-refractivity contribution is 7.19. The third-order valence-corrected chi connectivity index (χ3v) is 12.4. The summed E-state index contributed by atoms with van der Waals surface area (Å²) in [5, 5.41) is 7.76. The van der Waals surface area contributed by atoms with Gasteiger partial charge in [0, 0.05) is 53.4 Å². The summed E-state index contributed by atoms with van der Waals surface area (Å²) in [5.41, 5.74) is 9.57. The molecule has 56 heavy (non-hydrogen) atoms. The van der Waals surface area contributed by atoms with Crippen LogP contribution in [-0.4, -0.2) is 15.0 Å². The molecule has 0 N–H and O–H groups in total. The Bertz CT molecular complexity index is 3440. The lowest BCUT2D eigenvalue weighted by Crippen LogP contribution is -2.00. The number of benzene rings is 7. The van der Waals surface area contributed by atoms with Gasteiger partial charge in [-0.15, -0.1) is 11.3 Å². The monoisotopic (exact) mass is 737 g/mol. The van der Waals surface area contributed by atoms with E-state index in [0.29, 0.717) is 23.4 Å². The first-order chi connectivity index (χ1) is 27.6. The Balaban J connectivity index is 1.06. The molecule has 7 aromatic carbocycles. The Morgan fingerprint density at radius 3 is 2.18 bits per heavy atom. The molecule has 0 spiro atoms. The van der Waals surface area contributed by atoms with E-state index >= 15 is 0 Å². The molecule has 1 unspecified atom stereocenters. The average molecular weight is 738 g/mol. The van der Waals surface area contributed by atoms with E-state index in [2.05, 4.69) is 134 Å². The van der Waals surface area contributed by atoms with Gasteiger partial charge in [-0.25, -0.2) is 15.0 Å². The average Bonchev–Trinajstić information content (AvgIpc) is 3.93. The molecule has 0 radical (unpaired) electrons. The van der Waals surface area contributed by atoms with Crippen molar-refractivity contribution in [2.45, 2.75) is 13.3 Å². The van der Waals surface area contributed by atoms with E-state index in [1.165, 1.54) is 25.9 Å². The van der Waals surface area contributed by atoms with Crippen molar-refractivity contribution in [2.24, 2.45) is 5.92 Å². The van der Waals surface area contributed by atoms with Crippen LogP contribution >= 0.6 is 11.3 Å². The Labute approximate surface area is 325 Å². The van der Waals surface area contributed by atoms with Crippen LogP contribution in [0.5, 0.6) is 0 Å². The highest BCUT2D eigenvalue weighted by atomic mass is 32.1. The lowest BCUT2D eigenvalue weighted by molar-refractivity contribution is 0.668. The molecular weight excluding hydrogens is 707 g/mol. The van der Waals surface area contributed by atoms with Crippen molar-refractivity contribution >= 4 is 82.1 Å². The number of hydrogen-bond acceptors (Lipinski definition) is 6. The fraction of sp³-hybridized carbons (Fsp3) is 0.0600. The van der Waals surface area contributed by atoms with E-state index in [1.807, 2.05) is 35.6 Å². The van der Waals surface area contributed by atoms with Crippen molar-refractivity contribution in [3.8, 4) is 45.3 Å². The smallest absolute Gasteiger partial charge is 0.164 e. The first kappa shape index (κ1) is 31.5. The number of hydrogen-bond donors (Lipinski definition) is 0. The van der Waals surface area contributed by atoms with Crippen molar-refractivity contribution in [2.75, 3.05) is 0 Å². The molecule has 1 atom stereocenters. The van der Waals surface area contributed by atoms with Crippen LogP contribution in [0.25, 0.3) is 116 Å². The lowest BCUT2D eigenvalue weighted by atomic mass is 9.95. The molecule has 4 heterocycles. The molecule has 1 aliphatic rings. The zero-order valence-corrected chi connectivity index (χ0v) is 31.1. The van der Waals surface area contributed by atoms with Gasteiger partial charge in [0.2, 0.25) is 0 Å². The van der Waals surface area contributed by atoms with Gasteiger partial charge in [0.15, 0.2) is 17.5 Å². The third kappa shape index (κ3) is 4.89. The van der Waals surface area contributed by atoms with Crippen molar-refractivity contribution in [3.63, 3.8) is 0 Å². The number of allylic oxidation sites excluding steroid dienone is 1. The predicted molar refractivity (Wildman–Crippen MR) is 231 cm³/mol. The number of fused-ring (bicyclic) bond motifs is 10. The van der Waals surface area contributed by atoms with E-state index < -0.39 is 0 Å². The molecule has 12 rings (SSSR count). The normalized spacial score (nSPS) is 14.2. The van der Waals surface area contributed by atoms with Crippen LogP contribution in [0.1, 0.15) is 17.4 Å². The molecule has 4 aromatic heterocycles. The predicted octanol–water partition coefficient (Wildman–Crippen LogP) is 13.9. The van der Waals surface area contributed by atoms with E-state index in [4.69, 9.17) is 23.8 Å². The Morgan fingerprint density at radius 1 is 0.536 bits per heavy atom. The number of aromatic nitrogens is 3. The van der Waals surface area contributed by atoms with Crippen LogP contribution in [0.15, 0.2) is 154 Å². The number of rotatable bonds is 4. The van der Waals surface area contributed by atoms with Crippen molar-refractivity contribution < 1.29 is 8.83 Å². The number of furan rings is 2. The summed E-state index contributed by atoms with van der Waals surface area (Å²) >= 11 is 1.88. The number of thiophene rings is 1. The van der Waals surface area contributed by atoms with Crippen molar-refractivity contribution in [3.05, 3.63) is 156 Å². The second kappa shape index (κ2) is 12.1. The van der Waals surface area contributed by atoms with Gasteiger partial charge >= 0.3 is 0 Å². The Kier molecular flexibility index (Phi) is 6.77. The maximum Gasteiger partial charge on any atom is 0.164 e. The summed E-state index contributed by atoms with van der Waals surface area (Å²) in [7, 11) is 0. The van der Waals surface area contributed by atoms with E-state index in [0.717, 1.165) is 83.5 Å². The lowest BCUT2D eigenvalue weighted by Gasteiger charge is -2.11. The highest BCUT2D eigenvalue weighted by Gasteiger charge is 2.22. The second-order valence-corrected chi connectivity index (χ2v) is 16.0. The minimum Gasteiger partial charge on any atom is -0.456 e. The summed E-state index contributed by atoms with van der Waals surface area (Å²) in [5.74, 6) is 2.42. The van der Waals surface area contributed by atoms with Crippen LogP contribution in [0.3, 0.4) is 0 Å². The molecule has 0 amide bonds. The van der Waals surface area contributed by atoms with Crippen LogP contribution in [0.2, 0.25) is 0 Å². The Hall–Kier alpha value is -6.89. The largest absolute Gasteiger partial charge is 0.456 e. The molecule has 5 nitrogen and oxygen atoms in total. The zero-order valence-electron chi connectivity index (χ0n) is 30.3. The van der Waals surface area contributed by atoms with Gasteiger partial charge in [0.1, 0.15) is 22.3 Å². The molecule has 264 valence electrons. The van der Waals surface area contributed by atoms with Crippen molar-refractivity contribution in [1.82, 2.24) is 15.0 Å². The summed E-state index contributed by atoms with van der Waals surface area (Å²) < 4.78 is 14.2. The molecule has 0 aliphatic heterocycles. The van der Waals surface area contributed by atoms with Gasteiger partial charge in [0.25, 0.3) is 0 Å². The van der Waals surface area contributed by atoms with Gasteiger partial charge in [-0.3, -0.25) is 0 Å². The summed E-state index contributed by atoms with van der Waals surface area (Å²) in [6.45, 7) is 2.28. The van der Waals surface area contributed by atoms with Gasteiger partial charge in [-0.2, -0.15) is 0 Å². The minimum atomic E-state index is 0.545. The van der Waals surface area contributed by atoms with Crippen LogP contribution in [0, 0.1) is 5.92 Å². The minimum absolute atomic E-state index is 0.545. The van der Waals surface area contributed by atoms with Gasteiger partial charge < -0.3 is 8.83 Å². The zero-order chi connectivity index (χ0) is 36.9. The molecule has 0 saturated carbocycles. The summed E-state index contributed by atoms with van der Waals surface area (Å²) in [6, 6.07) is 48.5. The maximum absolute atomic E-state index is 6.76. The van der Waals surface area contributed by atoms with E-state index in [9.17, 15) is 0 Å². The summed E-state index contributed by atoms with van der Waals surface area (Å²) in [4.78, 5) is 17.1. The first-order valence-electron chi connectivity index (χ1n) is 19.0. The molecule has 0 saturated heterocycles. The molecule has 1 aliphatic carbocycles. The maximum atomic E-state index is 6.76. The fourth-order valence-electron chi connectivity index (χ4n) is 8.50. The molecule has 0 fully saturated rings. The topological polar surface area (TPSA) is 65.0 Å². The van der Waals surface area contributed by atoms with Crippen LogP contribution in [-0.2, 0) is 6.42 Å². The third-order valence-electron chi connectivity index (χ3n) is 11.3. The first-order valence-corrected chi connectivity index (χ1v) is 19.8. The molecule has 6 heteroatoms. The molecule has 11 aromatic rings. The fourth-order valence-corrected chi connectivity index (χ4v) is 9.87. The quantitative estimate of drug-likeness (QED) is 0.180. The number of nitrogens with zero attached hydrogens (tertiary/aromatic N) is 3. The SMILES string of the molecule is CC1C=Cc2c(sc3cc(-c4nc(-c5ccc6ccccc6c5)nc(-c5cccc6oc7c(-c8ccc9oc%10ccccc%10c9c8)cccc7c56)n4)ccc23)C1. The molecule has 0 bridgehead atoms. The van der Waals surface area contributed by atoms with E-state index in [-0.39, 0.29) is 0 Å². The molecular formula is C50H31N3O2S. The summed E-state index contributed by atoms with van der Waals surface area (Å²) in [6.07, 6.45) is 5.68. The standard InChI is InChI=1S/C50H31N3O2S/c1-28-16-21-36-37-22-19-33(27-45(37)56-44(36)24-28)49-51-48(32-18-17-29-8-2-3-9-30(29)25-32)52-50(53-49)39-13-7-15-43-46(39)38-12-6-11-34(47(38)55-43)31-20-23-42-40(26-31)35-10-4-5-14-41(35)54-42/h2-23,25-28H,24H2,1H3. The van der Waals surface area contributed by atoms with Crippen LogP contribution in [0.4, 0.5) is 0 Å². The highest BCUT2D eigenvalue weighted by Crippen LogP contribution is 2.43. The van der Waals surface area contributed by atoms with Gasteiger partial charge in [-0.1, -0.05) is 122 Å². The number of para-hydroxylation sites is 2. The van der Waals surface area contributed by atoms with Gasteiger partial charge in [0.05, 0.1) is 0 Å². The van der Waals surface area contributed by atoms with E-state index in [1.54, 1.807) is 0 Å². The second-order valence-electron chi connectivity index (χ2n) is 14.8. The van der Waals surface area contributed by atoms with Crippen LogP contribution < -0.4 is 0 Å².